The Bertz CT molecular complexity index is 2940. The summed E-state index contributed by atoms with van der Waals surface area (Å²) in [4.78, 5) is 76.7. The maximum atomic E-state index is 14.6. The van der Waals surface area contributed by atoms with Crippen LogP contribution < -0.4 is 44.5 Å². The second-order valence-corrected chi connectivity index (χ2v) is 22.1. The zero-order valence-corrected chi connectivity index (χ0v) is 44.8. The van der Waals surface area contributed by atoms with Crippen molar-refractivity contribution in [2.75, 3.05) is 34.0 Å². The van der Waals surface area contributed by atoms with Crippen molar-refractivity contribution in [3.05, 3.63) is 70.4 Å². The Morgan fingerprint density at radius 3 is 2.12 bits per heavy atom. The van der Waals surface area contributed by atoms with Crippen LogP contribution in [0.25, 0.3) is 21.8 Å². The first-order chi connectivity index (χ1) is 34.1. The number of alkyl carbamates (subject to hydrolysis) is 1. The summed E-state index contributed by atoms with van der Waals surface area (Å²) in [5.74, 6) is -0.365. The lowest BCUT2D eigenvalue weighted by Gasteiger charge is -2.36. The highest BCUT2D eigenvalue weighted by Crippen LogP contribution is 2.46. The largest absolute Gasteiger partial charge is 0.496 e. The average molecular weight is 1040 g/mol. The van der Waals surface area contributed by atoms with E-state index in [1.807, 2.05) is 32.4 Å². The second-order valence-electron chi connectivity index (χ2n) is 20.8. The van der Waals surface area contributed by atoms with Crippen LogP contribution in [0.5, 0.6) is 29.0 Å². The summed E-state index contributed by atoms with van der Waals surface area (Å²) in [6.45, 7) is 24.0. The summed E-state index contributed by atoms with van der Waals surface area (Å²) >= 11 is 0. The predicted octanol–water partition coefficient (Wildman–Crippen LogP) is 6.47. The Labute approximate surface area is 426 Å². The van der Waals surface area contributed by atoms with E-state index >= 15 is 0 Å². The smallest absolute Gasteiger partial charge is 0.408 e. The molecule has 20 nitrogen and oxygen atoms in total. The molecular formula is C52H70N6O14S. The number of amides is 4. The number of fused-ring (bicyclic) bond motifs is 2. The lowest BCUT2D eigenvalue weighted by molar-refractivity contribution is -0.143. The highest BCUT2D eigenvalue weighted by atomic mass is 32.2. The van der Waals surface area contributed by atoms with Gasteiger partial charge in [-0.3, -0.25) is 19.2 Å². The van der Waals surface area contributed by atoms with Gasteiger partial charge in [0, 0.05) is 46.4 Å². The summed E-state index contributed by atoms with van der Waals surface area (Å²) in [6, 6.07) is 7.89. The van der Waals surface area contributed by atoms with Crippen molar-refractivity contribution in [2.24, 2.45) is 11.3 Å². The Kier molecular flexibility index (Phi) is 16.4. The number of carbonyl (C=O) groups excluding carboxylic acids is 4. The van der Waals surface area contributed by atoms with Crippen LogP contribution in [-0.2, 0) is 33.6 Å². The Balaban J connectivity index is 0.000000429. The summed E-state index contributed by atoms with van der Waals surface area (Å²) in [5, 5.41) is 6.75. The summed E-state index contributed by atoms with van der Waals surface area (Å²) in [5.41, 5.74) is -1.32. The van der Waals surface area contributed by atoms with Crippen molar-refractivity contribution in [3.8, 4) is 29.0 Å². The van der Waals surface area contributed by atoms with Gasteiger partial charge in [0.05, 0.1) is 50.6 Å². The number of nitrogens with one attached hydrogen (secondary N) is 4. The van der Waals surface area contributed by atoms with Gasteiger partial charge in [-0.05, 0) is 104 Å². The molecule has 0 spiro atoms. The minimum Gasteiger partial charge on any atom is -0.496 e. The molecule has 3 aliphatic rings. The third-order valence-electron chi connectivity index (χ3n) is 12.8. The number of aromatic amines is 1. The molecule has 2 aromatic carbocycles. The third-order valence-corrected chi connectivity index (χ3v) is 13.9. The monoisotopic (exact) mass is 1030 g/mol. The summed E-state index contributed by atoms with van der Waals surface area (Å²) in [6.07, 6.45) is 0.943. The van der Waals surface area contributed by atoms with E-state index in [1.165, 1.54) is 17.0 Å². The third kappa shape index (κ3) is 13.0. The van der Waals surface area contributed by atoms with Crippen LogP contribution in [0.15, 0.2) is 53.8 Å². The van der Waals surface area contributed by atoms with Crippen molar-refractivity contribution in [3.63, 3.8) is 0 Å². The number of likely N-dealkylation sites (tertiary alicyclic amines) is 1. The molecule has 0 unspecified atom stereocenters. The maximum Gasteiger partial charge on any atom is 0.408 e. The molecule has 1 saturated heterocycles. The molecule has 3 fully saturated rings. The molecule has 2 aromatic heterocycles. The molecule has 4 aromatic rings. The number of hydrogen-bond donors (Lipinski definition) is 4. The topological polar surface area (TPSA) is 252 Å². The van der Waals surface area contributed by atoms with Crippen molar-refractivity contribution in [1.29, 1.82) is 0 Å². The number of aryl methyl sites for hydroxylation is 2. The fourth-order valence-electron chi connectivity index (χ4n) is 8.65. The maximum absolute atomic E-state index is 14.6. The average Bonchev–Trinajstić information content (AvgIpc) is 4.16. The fraction of sp³-hybridized carbons (Fsp3) is 0.538. The molecule has 4 amide bonds. The summed E-state index contributed by atoms with van der Waals surface area (Å²) < 4.78 is 66.7. The van der Waals surface area contributed by atoms with E-state index in [1.54, 1.807) is 93.0 Å². The molecule has 21 heteroatoms. The molecule has 73 heavy (non-hydrogen) atoms. The zero-order chi connectivity index (χ0) is 54.0. The molecule has 2 aliphatic carbocycles. The minimum absolute atomic E-state index is 0.0278. The Hall–Kier alpha value is -6.61. The van der Waals surface area contributed by atoms with E-state index in [2.05, 4.69) is 27.2 Å². The van der Waals surface area contributed by atoms with Crippen LogP contribution >= 0.6 is 0 Å². The number of rotatable bonds is 17. The Morgan fingerprint density at radius 2 is 1.56 bits per heavy atom. The first-order valence-corrected chi connectivity index (χ1v) is 25.7. The number of nitrogens with zero attached hydrogens (tertiary/aromatic N) is 2. The van der Waals surface area contributed by atoms with Crippen LogP contribution in [0.2, 0.25) is 0 Å². The van der Waals surface area contributed by atoms with E-state index in [-0.39, 0.29) is 24.8 Å². The predicted molar refractivity (Wildman–Crippen MR) is 273 cm³/mol. The molecule has 398 valence electrons. The number of ether oxygens (including phenoxy) is 6. The lowest BCUT2D eigenvalue weighted by Crippen LogP contribution is -2.60. The van der Waals surface area contributed by atoms with Gasteiger partial charge in [0.15, 0.2) is 11.3 Å². The van der Waals surface area contributed by atoms with Crippen molar-refractivity contribution < 1.29 is 60.2 Å². The van der Waals surface area contributed by atoms with Gasteiger partial charge >= 0.3 is 16.4 Å². The zero-order valence-electron chi connectivity index (χ0n) is 44.0. The van der Waals surface area contributed by atoms with E-state index in [0.29, 0.717) is 65.6 Å². The molecule has 7 rings (SSSR count). The first kappa shape index (κ1) is 55.7. The number of pyridine rings is 2. The Morgan fingerprint density at radius 1 is 0.932 bits per heavy atom. The van der Waals surface area contributed by atoms with Crippen LogP contribution in [0.1, 0.15) is 99.1 Å². The quantitative estimate of drug-likeness (QED) is 0.0827. The van der Waals surface area contributed by atoms with E-state index in [0.717, 1.165) is 22.4 Å². The van der Waals surface area contributed by atoms with Gasteiger partial charge in [-0.1, -0.05) is 26.8 Å². The van der Waals surface area contributed by atoms with Crippen molar-refractivity contribution in [2.45, 2.75) is 137 Å². The van der Waals surface area contributed by atoms with E-state index < -0.39 is 80.4 Å². The fourth-order valence-corrected chi connectivity index (χ4v) is 9.80. The number of hydrogen-bond acceptors (Lipinski definition) is 15. The van der Waals surface area contributed by atoms with Crippen LogP contribution in [0, 0.1) is 25.2 Å². The number of benzene rings is 2. The molecule has 4 N–H and O–H groups in total. The molecule has 0 radical (unpaired) electrons. The van der Waals surface area contributed by atoms with Crippen LogP contribution in [0.4, 0.5) is 4.79 Å². The highest BCUT2D eigenvalue weighted by Gasteiger charge is 2.62. The standard InChI is InChI=1S/C39H55N5O11S.C13H15NO3/c1-12-23-20-39(23,34(47)43-56(49,50)55-38(10)16-17-38)42-32(45)26-18-24(21-44(26)33(46)31(36(4,5)6)41-35(48)54-37(7,8)9)53-28-19-29(52-13-2)40-30-22(3)27(51-11)15-14-25(28)30;1-4-17-12-7-10(15)9-5-6-11(16-3)8(2)13(9)14-12/h12,14-15,19,23-24,26,31H,1,13,16-18,20-21H2,2-11H3,(H,41,48)(H,42,45)(H,43,47);5-7H,4H2,1-3H3,(H,14,15)/t23-,24-,26+,31-,39-;/m1./s1. The summed E-state index contributed by atoms with van der Waals surface area (Å²) in [7, 11) is -1.33. The molecule has 1 aliphatic heterocycles. The lowest BCUT2D eigenvalue weighted by atomic mass is 9.85. The van der Waals surface area contributed by atoms with Gasteiger partial charge in [0.25, 0.3) is 5.91 Å². The number of aromatic nitrogens is 2. The van der Waals surface area contributed by atoms with Gasteiger partial charge in [0.1, 0.15) is 46.6 Å². The number of methoxy groups -OCH3 is 2. The normalized spacial score (nSPS) is 20.4. The van der Waals surface area contributed by atoms with Gasteiger partial charge < -0.3 is 48.9 Å². The van der Waals surface area contributed by atoms with Crippen molar-refractivity contribution in [1.82, 2.24) is 30.2 Å². The minimum atomic E-state index is -4.50. The molecule has 3 heterocycles. The van der Waals surface area contributed by atoms with Gasteiger partial charge in [-0.2, -0.15) is 8.42 Å². The van der Waals surface area contributed by atoms with E-state index in [4.69, 9.17) is 32.6 Å². The molecule has 0 bridgehead atoms. The number of H-pyrrole nitrogens is 1. The molecule has 5 atom stereocenters. The van der Waals surface area contributed by atoms with Crippen LogP contribution in [0.3, 0.4) is 0 Å². The van der Waals surface area contributed by atoms with Crippen LogP contribution in [-0.4, -0.2) is 116 Å². The van der Waals surface area contributed by atoms with Gasteiger partial charge in [0.2, 0.25) is 17.7 Å². The van der Waals surface area contributed by atoms with Gasteiger partial charge in [-0.15, -0.1) is 6.58 Å². The van der Waals surface area contributed by atoms with Gasteiger partial charge in [-0.25, -0.2) is 18.7 Å². The highest BCUT2D eigenvalue weighted by molar-refractivity contribution is 7.85. The van der Waals surface area contributed by atoms with E-state index in [9.17, 15) is 32.4 Å². The number of carbonyl (C=O) groups is 4. The molecule has 2 saturated carbocycles. The second kappa shape index (κ2) is 21.5. The molecular weight excluding hydrogens is 965 g/mol. The first-order valence-electron chi connectivity index (χ1n) is 24.3. The van der Waals surface area contributed by atoms with Crippen molar-refractivity contribution >= 4 is 55.9 Å². The SMILES string of the molecule is C=C[C@@H]1C[C@]1(NC(=O)[C@@H]1C[C@@H](Oc2cc(OCC)nc3c(C)c(OC)ccc23)CN1C(=O)[C@@H](NC(=O)OC(C)(C)C)C(C)(C)C)C(=O)NS(=O)(=O)OC1(C)CC1.CCOc1cc(=O)c2ccc(OC)c(C)c2[nH]1.